The van der Waals surface area contributed by atoms with Crippen LogP contribution >= 0.6 is 0 Å². The minimum absolute atomic E-state index is 0.0645. The first-order valence-electron chi connectivity index (χ1n) is 7.95. The number of benzene rings is 1. The topological polar surface area (TPSA) is 94.2 Å². The average molecular weight is 350 g/mol. The molecular formula is C17H22N2O6. The summed E-state index contributed by atoms with van der Waals surface area (Å²) in [5.74, 6) is -0.501. The van der Waals surface area contributed by atoms with Gasteiger partial charge in [0, 0.05) is 19.0 Å². The van der Waals surface area contributed by atoms with E-state index < -0.39 is 11.9 Å². The molecule has 0 saturated carbocycles. The first kappa shape index (κ1) is 18.6. The number of ether oxygens (including phenoxy) is 3. The van der Waals surface area contributed by atoms with E-state index in [2.05, 4.69) is 5.32 Å². The summed E-state index contributed by atoms with van der Waals surface area (Å²) < 4.78 is 15.2. The van der Waals surface area contributed by atoms with Gasteiger partial charge in [-0.1, -0.05) is 0 Å². The monoisotopic (exact) mass is 350 g/mol. The summed E-state index contributed by atoms with van der Waals surface area (Å²) in [6.45, 7) is 1.94. The summed E-state index contributed by atoms with van der Waals surface area (Å²) in [6.07, 6.45) is 0.0645. The van der Waals surface area contributed by atoms with Crippen molar-refractivity contribution < 1.29 is 28.6 Å². The maximum absolute atomic E-state index is 12.4. The van der Waals surface area contributed by atoms with Crippen LogP contribution in [0.1, 0.15) is 13.3 Å². The molecule has 2 rings (SSSR count). The number of carbonyl (C=O) groups is 3. The van der Waals surface area contributed by atoms with Gasteiger partial charge in [0.15, 0.2) is 0 Å². The Morgan fingerprint density at radius 3 is 2.68 bits per heavy atom. The molecule has 2 amide bonds. The molecule has 8 nitrogen and oxygen atoms in total. The number of nitrogens with zero attached hydrogens (tertiary/aromatic N) is 1. The molecule has 1 aliphatic heterocycles. The van der Waals surface area contributed by atoms with Crippen molar-refractivity contribution in [2.45, 2.75) is 13.3 Å². The van der Waals surface area contributed by atoms with Crippen molar-refractivity contribution in [3.8, 4) is 11.5 Å². The van der Waals surface area contributed by atoms with E-state index in [4.69, 9.17) is 14.2 Å². The van der Waals surface area contributed by atoms with Gasteiger partial charge >= 0.3 is 5.97 Å². The summed E-state index contributed by atoms with van der Waals surface area (Å²) in [6, 6.07) is 5.12. The minimum Gasteiger partial charge on any atom is -0.497 e. The molecule has 1 aliphatic rings. The molecule has 1 aromatic carbocycles. The van der Waals surface area contributed by atoms with Crippen molar-refractivity contribution in [2.24, 2.45) is 5.92 Å². The molecule has 8 heteroatoms. The van der Waals surface area contributed by atoms with Crippen LogP contribution in [0, 0.1) is 5.92 Å². The van der Waals surface area contributed by atoms with Crippen LogP contribution in [0.5, 0.6) is 11.5 Å². The quantitative estimate of drug-likeness (QED) is 0.729. The van der Waals surface area contributed by atoms with Gasteiger partial charge in [-0.25, -0.2) is 0 Å². The number of carbonyl (C=O) groups excluding carboxylic acids is 3. The number of anilines is 1. The minimum atomic E-state index is -0.544. The van der Waals surface area contributed by atoms with Gasteiger partial charge in [0.1, 0.15) is 18.0 Å². The van der Waals surface area contributed by atoms with Gasteiger partial charge < -0.3 is 24.4 Å². The first-order chi connectivity index (χ1) is 12.0. The fraction of sp³-hybridized carbons (Fsp3) is 0.471. The molecular weight excluding hydrogens is 328 g/mol. The highest BCUT2D eigenvalue weighted by Gasteiger charge is 2.36. The summed E-state index contributed by atoms with van der Waals surface area (Å²) >= 11 is 0. The lowest BCUT2D eigenvalue weighted by Crippen LogP contribution is -2.36. The van der Waals surface area contributed by atoms with E-state index >= 15 is 0 Å². The Morgan fingerprint density at radius 1 is 1.28 bits per heavy atom. The summed E-state index contributed by atoms with van der Waals surface area (Å²) in [4.78, 5) is 37.4. The Kier molecular flexibility index (Phi) is 6.21. The lowest BCUT2D eigenvalue weighted by molar-refractivity contribution is -0.143. The molecule has 1 saturated heterocycles. The molecule has 0 bridgehead atoms. The zero-order chi connectivity index (χ0) is 18.4. The zero-order valence-corrected chi connectivity index (χ0v) is 14.5. The molecule has 0 unspecified atom stereocenters. The number of hydrogen-bond donors (Lipinski definition) is 1. The Morgan fingerprint density at radius 2 is 2.04 bits per heavy atom. The fourth-order valence-corrected chi connectivity index (χ4v) is 2.64. The van der Waals surface area contributed by atoms with Crippen molar-refractivity contribution in [3.05, 3.63) is 18.2 Å². The highest BCUT2D eigenvalue weighted by atomic mass is 16.5. The highest BCUT2D eigenvalue weighted by molar-refractivity contribution is 6.01. The Balaban J connectivity index is 2.07. The molecule has 1 aromatic rings. The van der Waals surface area contributed by atoms with Gasteiger partial charge in [-0.3, -0.25) is 14.4 Å². The van der Waals surface area contributed by atoms with Gasteiger partial charge in [0.05, 0.1) is 32.4 Å². The zero-order valence-electron chi connectivity index (χ0n) is 14.5. The van der Waals surface area contributed by atoms with Crippen LogP contribution in [-0.4, -0.2) is 51.7 Å². The van der Waals surface area contributed by atoms with E-state index in [1.165, 1.54) is 19.1 Å². The van der Waals surface area contributed by atoms with Crippen LogP contribution in [-0.2, 0) is 19.1 Å². The summed E-state index contributed by atoms with van der Waals surface area (Å²) in [5.41, 5.74) is 0.549. The van der Waals surface area contributed by atoms with Crippen molar-refractivity contribution in [1.29, 1.82) is 0 Å². The van der Waals surface area contributed by atoms with Crippen LogP contribution in [0.25, 0.3) is 0 Å². The fourth-order valence-electron chi connectivity index (χ4n) is 2.64. The van der Waals surface area contributed by atoms with E-state index in [1.54, 1.807) is 25.1 Å². The second-order valence-electron chi connectivity index (χ2n) is 5.47. The number of hydrogen-bond acceptors (Lipinski definition) is 6. The van der Waals surface area contributed by atoms with Crippen molar-refractivity contribution in [2.75, 3.05) is 38.8 Å². The molecule has 1 atom stereocenters. The second-order valence-corrected chi connectivity index (χ2v) is 5.47. The second kappa shape index (κ2) is 8.36. The van der Waals surface area contributed by atoms with Gasteiger partial charge in [-0.05, 0) is 19.1 Å². The van der Waals surface area contributed by atoms with Crippen LogP contribution in [0.15, 0.2) is 18.2 Å². The highest BCUT2D eigenvalue weighted by Crippen LogP contribution is 2.35. The summed E-state index contributed by atoms with van der Waals surface area (Å²) in [5, 5.41) is 2.50. The van der Waals surface area contributed by atoms with E-state index in [0.717, 1.165) is 0 Å². The number of methoxy groups -OCH3 is 2. The molecule has 0 radical (unpaired) electrons. The third kappa shape index (κ3) is 4.40. The van der Waals surface area contributed by atoms with Gasteiger partial charge in [-0.15, -0.1) is 0 Å². The lowest BCUT2D eigenvalue weighted by Gasteiger charge is -2.20. The lowest BCUT2D eigenvalue weighted by atomic mass is 10.1. The largest absolute Gasteiger partial charge is 0.497 e. The maximum Gasteiger partial charge on any atom is 0.325 e. The normalized spacial score (nSPS) is 16.5. The molecule has 1 N–H and O–H groups in total. The molecule has 136 valence electrons. The van der Waals surface area contributed by atoms with Crippen molar-refractivity contribution in [3.63, 3.8) is 0 Å². The van der Waals surface area contributed by atoms with E-state index in [-0.39, 0.29) is 37.9 Å². The number of esters is 1. The molecule has 1 heterocycles. The number of nitrogens with one attached hydrogen (secondary N) is 1. The summed E-state index contributed by atoms with van der Waals surface area (Å²) in [7, 11) is 3.04. The molecule has 0 spiro atoms. The van der Waals surface area contributed by atoms with Crippen LogP contribution in [0.4, 0.5) is 5.69 Å². The maximum atomic E-state index is 12.4. The van der Waals surface area contributed by atoms with Gasteiger partial charge in [0.2, 0.25) is 11.8 Å². The number of rotatable bonds is 7. The number of amides is 2. The predicted octanol–water partition coefficient (Wildman–Crippen LogP) is 0.736. The van der Waals surface area contributed by atoms with Crippen LogP contribution in [0.2, 0.25) is 0 Å². The Bertz CT molecular complexity index is 661. The van der Waals surface area contributed by atoms with Crippen molar-refractivity contribution in [1.82, 2.24) is 5.32 Å². The van der Waals surface area contributed by atoms with Crippen LogP contribution < -0.4 is 19.7 Å². The van der Waals surface area contributed by atoms with E-state index in [9.17, 15) is 14.4 Å². The van der Waals surface area contributed by atoms with E-state index in [1.807, 2.05) is 0 Å². The molecule has 1 fully saturated rings. The Labute approximate surface area is 146 Å². The SMILES string of the molecule is CCOC(=O)CNC(=O)[C@@H]1CC(=O)N(c2cc(OC)ccc2OC)C1. The smallest absolute Gasteiger partial charge is 0.325 e. The molecule has 0 aromatic heterocycles. The van der Waals surface area contributed by atoms with Crippen LogP contribution in [0.3, 0.4) is 0 Å². The van der Waals surface area contributed by atoms with Gasteiger partial charge in [0.25, 0.3) is 0 Å². The average Bonchev–Trinajstić information content (AvgIpc) is 3.01. The van der Waals surface area contributed by atoms with E-state index in [0.29, 0.717) is 17.2 Å². The molecule has 0 aliphatic carbocycles. The predicted molar refractivity (Wildman–Crippen MR) is 89.6 cm³/mol. The van der Waals surface area contributed by atoms with Crippen molar-refractivity contribution >= 4 is 23.5 Å². The third-order valence-electron chi connectivity index (χ3n) is 3.88. The van der Waals surface area contributed by atoms with Gasteiger partial charge in [-0.2, -0.15) is 0 Å². The molecule has 25 heavy (non-hydrogen) atoms. The third-order valence-corrected chi connectivity index (χ3v) is 3.88. The first-order valence-corrected chi connectivity index (χ1v) is 7.95. The standard InChI is InChI=1S/C17H22N2O6/c1-4-25-16(21)9-18-17(22)11-7-15(20)19(10-11)13-8-12(23-2)5-6-14(13)24-3/h5-6,8,11H,4,7,9-10H2,1-3H3,(H,18,22)/t11-/m1/s1. The Hall–Kier alpha value is -2.77.